The second kappa shape index (κ2) is 19.4. The summed E-state index contributed by atoms with van der Waals surface area (Å²) < 4.78 is 6.02. The van der Waals surface area contributed by atoms with E-state index in [1.54, 1.807) is 0 Å². The van der Waals surface area contributed by atoms with Gasteiger partial charge in [-0.25, -0.2) is 0 Å². The smallest absolute Gasteiger partial charge is 0.303 e. The molecule has 0 fully saturated rings. The zero-order valence-corrected chi connectivity index (χ0v) is 20.8. The molecule has 0 atom stereocenters. The van der Waals surface area contributed by atoms with E-state index in [0.717, 1.165) is 95.8 Å². The molecule has 0 saturated carbocycles. The normalized spacial score (nSPS) is 10.9. The number of aryl methyl sites for hydroxylation is 2. The fraction of sp³-hybridized carbons (Fsp3) is 0.714. The fourth-order valence-electron chi connectivity index (χ4n) is 4.13. The average Bonchev–Trinajstić information content (AvgIpc) is 2.78. The maximum absolute atomic E-state index is 10.6. The van der Waals surface area contributed by atoms with E-state index < -0.39 is 11.9 Å². The summed E-state index contributed by atoms with van der Waals surface area (Å²) in [5.41, 5.74) is 2.79. The van der Waals surface area contributed by atoms with Crippen molar-refractivity contribution in [3.63, 3.8) is 0 Å². The summed E-state index contributed by atoms with van der Waals surface area (Å²) in [5.74, 6) is -0.428. The molecule has 0 aliphatic rings. The molecule has 0 unspecified atom stereocenters. The van der Waals surface area contributed by atoms with E-state index >= 15 is 0 Å². The van der Waals surface area contributed by atoms with Crippen LogP contribution >= 0.6 is 0 Å². The minimum Gasteiger partial charge on any atom is -0.494 e. The third-order valence-electron chi connectivity index (χ3n) is 6.12. The van der Waals surface area contributed by atoms with Gasteiger partial charge in [-0.1, -0.05) is 70.8 Å². The Balaban J connectivity index is 2.47. The number of aliphatic carboxylic acids is 2. The molecule has 0 amide bonds. The number of carboxylic acid groups (broad SMARTS) is 2. The lowest BCUT2D eigenvalue weighted by Gasteiger charge is -2.13. The van der Waals surface area contributed by atoms with Crippen LogP contribution in [0.15, 0.2) is 18.2 Å². The van der Waals surface area contributed by atoms with Gasteiger partial charge in [-0.05, 0) is 68.2 Å². The van der Waals surface area contributed by atoms with Gasteiger partial charge in [0.2, 0.25) is 0 Å². The van der Waals surface area contributed by atoms with E-state index in [4.69, 9.17) is 14.9 Å². The third kappa shape index (κ3) is 16.3. The van der Waals surface area contributed by atoms with Crippen molar-refractivity contribution in [2.45, 2.75) is 122 Å². The number of benzene rings is 1. The van der Waals surface area contributed by atoms with Crippen LogP contribution in [0, 0.1) is 0 Å². The molecule has 0 bridgehead atoms. The van der Waals surface area contributed by atoms with E-state index in [2.05, 4.69) is 25.1 Å². The van der Waals surface area contributed by atoms with Crippen LogP contribution in [0.3, 0.4) is 0 Å². The number of hydrogen-bond acceptors (Lipinski definition) is 3. The van der Waals surface area contributed by atoms with Crippen molar-refractivity contribution in [3.05, 3.63) is 29.3 Å². The van der Waals surface area contributed by atoms with Gasteiger partial charge in [-0.2, -0.15) is 0 Å². The molecule has 0 aliphatic heterocycles. The lowest BCUT2D eigenvalue weighted by molar-refractivity contribution is -0.138. The molecule has 33 heavy (non-hydrogen) atoms. The Labute approximate surface area is 200 Å². The van der Waals surface area contributed by atoms with Crippen molar-refractivity contribution in [2.24, 2.45) is 0 Å². The first-order valence-electron chi connectivity index (χ1n) is 13.2. The van der Waals surface area contributed by atoms with Gasteiger partial charge in [0.15, 0.2) is 0 Å². The number of unbranched alkanes of at least 4 members (excludes halogenated alkanes) is 11. The fourth-order valence-corrected chi connectivity index (χ4v) is 4.13. The van der Waals surface area contributed by atoms with Crippen LogP contribution in [-0.2, 0) is 22.4 Å². The van der Waals surface area contributed by atoms with Crippen molar-refractivity contribution >= 4 is 11.9 Å². The van der Waals surface area contributed by atoms with Gasteiger partial charge in [0.1, 0.15) is 5.75 Å². The molecule has 1 aromatic rings. The number of rotatable bonds is 22. The molecular weight excluding hydrogens is 416 g/mol. The summed E-state index contributed by atoms with van der Waals surface area (Å²) >= 11 is 0. The molecule has 0 aliphatic carbocycles. The Bertz CT molecular complexity index is 656. The van der Waals surface area contributed by atoms with E-state index in [1.165, 1.54) is 30.4 Å². The maximum atomic E-state index is 10.6. The van der Waals surface area contributed by atoms with Gasteiger partial charge in [0, 0.05) is 12.8 Å². The highest BCUT2D eigenvalue weighted by Crippen LogP contribution is 2.23. The van der Waals surface area contributed by atoms with Crippen LogP contribution in [0.25, 0.3) is 0 Å². The Morgan fingerprint density at radius 2 is 1.18 bits per heavy atom. The van der Waals surface area contributed by atoms with Crippen molar-refractivity contribution < 1.29 is 24.5 Å². The Morgan fingerprint density at radius 1 is 0.667 bits per heavy atom. The lowest BCUT2D eigenvalue weighted by Crippen LogP contribution is -2.01. The molecule has 0 aromatic heterocycles. The number of ether oxygens (including phenoxy) is 1. The highest BCUT2D eigenvalue weighted by atomic mass is 16.5. The summed E-state index contributed by atoms with van der Waals surface area (Å²) in [6, 6.07) is 6.57. The molecule has 1 rings (SSSR count). The first kappa shape index (κ1) is 29.0. The second-order valence-electron chi connectivity index (χ2n) is 9.16. The summed E-state index contributed by atoms with van der Waals surface area (Å²) in [5, 5.41) is 17.5. The minimum absolute atomic E-state index is 0.276. The first-order valence-corrected chi connectivity index (χ1v) is 13.2. The Kier molecular flexibility index (Phi) is 17.1. The number of hydrogen-bond donors (Lipinski definition) is 2. The van der Waals surface area contributed by atoms with Crippen molar-refractivity contribution in [1.29, 1.82) is 0 Å². The molecule has 0 heterocycles. The first-order chi connectivity index (χ1) is 16.0. The second-order valence-corrected chi connectivity index (χ2v) is 9.16. The van der Waals surface area contributed by atoms with Gasteiger partial charge < -0.3 is 14.9 Å². The molecule has 2 N–H and O–H groups in total. The van der Waals surface area contributed by atoms with Gasteiger partial charge in [0.05, 0.1) is 6.61 Å². The zero-order valence-electron chi connectivity index (χ0n) is 20.8. The van der Waals surface area contributed by atoms with Crippen molar-refractivity contribution in [2.75, 3.05) is 6.61 Å². The standard InChI is InChI=1S/C28H46O5/c1-2-3-4-15-22-33-26-21-20-24(16-11-7-5-9-13-18-27(29)30)25(23-26)17-12-8-6-10-14-19-28(31)32/h20-21,23H,2-19,22H2,1H3,(H,29,30)(H,31,32). The predicted octanol–water partition coefficient (Wildman–Crippen LogP) is 7.58. The topological polar surface area (TPSA) is 83.8 Å². The number of carboxylic acids is 2. The largest absolute Gasteiger partial charge is 0.494 e. The quantitative estimate of drug-likeness (QED) is 0.173. The molecule has 0 saturated heterocycles. The zero-order chi connectivity index (χ0) is 24.2. The summed E-state index contributed by atoms with van der Waals surface area (Å²) in [7, 11) is 0. The van der Waals surface area contributed by atoms with Crippen LogP contribution in [-0.4, -0.2) is 28.8 Å². The molecule has 0 radical (unpaired) electrons. The Morgan fingerprint density at radius 3 is 1.76 bits per heavy atom. The van der Waals surface area contributed by atoms with Crippen molar-refractivity contribution in [3.8, 4) is 5.75 Å². The highest BCUT2D eigenvalue weighted by molar-refractivity contribution is 5.66. The van der Waals surface area contributed by atoms with Crippen LogP contribution in [0.2, 0.25) is 0 Å². The number of carbonyl (C=O) groups is 2. The monoisotopic (exact) mass is 462 g/mol. The SMILES string of the molecule is CCCCCCOc1ccc(CCCCCCCC(=O)O)c(CCCCCCCC(=O)O)c1. The minimum atomic E-state index is -0.701. The van der Waals surface area contributed by atoms with Gasteiger partial charge >= 0.3 is 11.9 Å². The van der Waals surface area contributed by atoms with Crippen LogP contribution < -0.4 is 4.74 Å². The third-order valence-corrected chi connectivity index (χ3v) is 6.12. The molecule has 0 spiro atoms. The Hall–Kier alpha value is -2.04. The maximum Gasteiger partial charge on any atom is 0.303 e. The van der Waals surface area contributed by atoms with Crippen LogP contribution in [0.4, 0.5) is 0 Å². The van der Waals surface area contributed by atoms with Crippen molar-refractivity contribution in [1.82, 2.24) is 0 Å². The van der Waals surface area contributed by atoms with Gasteiger partial charge in [-0.3, -0.25) is 9.59 Å². The molecule has 5 heteroatoms. The van der Waals surface area contributed by atoms with Gasteiger partial charge in [0.25, 0.3) is 0 Å². The van der Waals surface area contributed by atoms with Crippen LogP contribution in [0.1, 0.15) is 121 Å². The summed E-state index contributed by atoms with van der Waals surface area (Å²) in [6.07, 6.45) is 17.7. The predicted molar refractivity (Wildman–Crippen MR) is 134 cm³/mol. The van der Waals surface area contributed by atoms with E-state index in [-0.39, 0.29) is 12.8 Å². The lowest BCUT2D eigenvalue weighted by atomic mass is 9.96. The summed E-state index contributed by atoms with van der Waals surface area (Å²) in [4.78, 5) is 21.2. The molecule has 1 aromatic carbocycles. The van der Waals surface area contributed by atoms with E-state index in [9.17, 15) is 9.59 Å². The molecule has 188 valence electrons. The van der Waals surface area contributed by atoms with E-state index in [0.29, 0.717) is 0 Å². The molecule has 5 nitrogen and oxygen atoms in total. The highest BCUT2D eigenvalue weighted by Gasteiger charge is 2.07. The van der Waals surface area contributed by atoms with E-state index in [1.807, 2.05) is 0 Å². The molecular formula is C28H46O5. The summed E-state index contributed by atoms with van der Waals surface area (Å²) in [6.45, 7) is 2.99. The van der Waals surface area contributed by atoms with Crippen LogP contribution in [0.5, 0.6) is 5.75 Å². The van der Waals surface area contributed by atoms with Gasteiger partial charge in [-0.15, -0.1) is 0 Å². The average molecular weight is 463 g/mol.